The summed E-state index contributed by atoms with van der Waals surface area (Å²) in [4.78, 5) is 13.4. The van der Waals surface area contributed by atoms with Crippen molar-refractivity contribution in [2.24, 2.45) is 0 Å². The highest BCUT2D eigenvalue weighted by atomic mass is 79.9. The molecule has 1 amide bonds. The fourth-order valence-corrected chi connectivity index (χ4v) is 1.92. The van der Waals surface area contributed by atoms with Gasteiger partial charge in [-0.1, -0.05) is 15.9 Å². The molecule has 86 valence electrons. The molecule has 0 aliphatic carbocycles. The fraction of sp³-hybridized carbons (Fsp3) is 0.364. The van der Waals surface area contributed by atoms with E-state index in [9.17, 15) is 9.18 Å². The third kappa shape index (κ3) is 2.10. The second-order valence-corrected chi connectivity index (χ2v) is 4.61. The van der Waals surface area contributed by atoms with E-state index in [0.717, 1.165) is 0 Å². The third-order valence-corrected chi connectivity index (χ3v) is 3.12. The molecule has 2 rings (SSSR count). The van der Waals surface area contributed by atoms with Gasteiger partial charge in [-0.05, 0) is 18.2 Å². The van der Waals surface area contributed by atoms with Crippen molar-refractivity contribution in [1.82, 2.24) is 4.90 Å². The standard InChI is InChI=1S/C11H11BrFNO2/c1-16-8-5-14(6-8)11(15)9-3-2-7(12)4-10(9)13/h2-4,8H,5-6H2,1H3. The Hall–Kier alpha value is -0.940. The molecule has 1 aliphatic rings. The van der Waals surface area contributed by atoms with E-state index >= 15 is 0 Å². The molecule has 0 spiro atoms. The Balaban J connectivity index is 2.10. The SMILES string of the molecule is COC1CN(C(=O)c2ccc(Br)cc2F)C1. The van der Waals surface area contributed by atoms with Gasteiger partial charge in [0.15, 0.2) is 0 Å². The molecule has 1 aliphatic heterocycles. The number of hydrogen-bond donors (Lipinski definition) is 0. The highest BCUT2D eigenvalue weighted by Gasteiger charge is 2.32. The van der Waals surface area contributed by atoms with E-state index < -0.39 is 5.82 Å². The first kappa shape index (κ1) is 11.5. The molecule has 1 aromatic carbocycles. The molecule has 0 saturated carbocycles. The smallest absolute Gasteiger partial charge is 0.257 e. The van der Waals surface area contributed by atoms with Crippen LogP contribution in [0.15, 0.2) is 22.7 Å². The van der Waals surface area contributed by atoms with Crippen molar-refractivity contribution in [3.05, 3.63) is 34.1 Å². The first-order valence-corrected chi connectivity index (χ1v) is 5.68. The van der Waals surface area contributed by atoms with Crippen LogP contribution in [0, 0.1) is 5.82 Å². The lowest BCUT2D eigenvalue weighted by molar-refractivity contribution is -0.0194. The van der Waals surface area contributed by atoms with Crippen LogP contribution in [0.4, 0.5) is 4.39 Å². The van der Waals surface area contributed by atoms with Crippen molar-refractivity contribution in [1.29, 1.82) is 0 Å². The summed E-state index contributed by atoms with van der Waals surface area (Å²) < 4.78 is 19.2. The summed E-state index contributed by atoms with van der Waals surface area (Å²) >= 11 is 3.15. The van der Waals surface area contributed by atoms with Crippen LogP contribution in [0.1, 0.15) is 10.4 Å². The second-order valence-electron chi connectivity index (χ2n) is 3.69. The number of hydrogen-bond acceptors (Lipinski definition) is 2. The van der Waals surface area contributed by atoms with Crippen molar-refractivity contribution < 1.29 is 13.9 Å². The molecule has 1 fully saturated rings. The molecule has 0 bridgehead atoms. The van der Waals surface area contributed by atoms with Gasteiger partial charge in [0, 0.05) is 24.7 Å². The van der Waals surface area contributed by atoms with Gasteiger partial charge < -0.3 is 9.64 Å². The summed E-state index contributed by atoms with van der Waals surface area (Å²) in [7, 11) is 1.60. The molecule has 0 radical (unpaired) electrons. The zero-order chi connectivity index (χ0) is 11.7. The Morgan fingerprint density at radius 1 is 1.56 bits per heavy atom. The van der Waals surface area contributed by atoms with E-state index in [1.165, 1.54) is 12.1 Å². The van der Waals surface area contributed by atoms with Crippen molar-refractivity contribution in [2.45, 2.75) is 6.10 Å². The number of carbonyl (C=O) groups excluding carboxylic acids is 1. The third-order valence-electron chi connectivity index (χ3n) is 2.63. The number of nitrogens with zero attached hydrogens (tertiary/aromatic N) is 1. The molecular weight excluding hydrogens is 277 g/mol. The van der Waals surface area contributed by atoms with Crippen LogP contribution in [0.5, 0.6) is 0 Å². The molecule has 0 N–H and O–H groups in total. The zero-order valence-corrected chi connectivity index (χ0v) is 10.3. The van der Waals surface area contributed by atoms with Gasteiger partial charge in [0.2, 0.25) is 0 Å². The summed E-state index contributed by atoms with van der Waals surface area (Å²) in [6.45, 7) is 1.07. The summed E-state index contributed by atoms with van der Waals surface area (Å²) in [5.41, 5.74) is 0.109. The number of halogens is 2. The predicted molar refractivity (Wildman–Crippen MR) is 60.8 cm³/mol. The van der Waals surface area contributed by atoms with Gasteiger partial charge in [0.25, 0.3) is 5.91 Å². The topological polar surface area (TPSA) is 29.5 Å². The van der Waals surface area contributed by atoms with Crippen LogP contribution in [-0.2, 0) is 4.74 Å². The number of ether oxygens (including phenoxy) is 1. The lowest BCUT2D eigenvalue weighted by atomic mass is 10.1. The highest BCUT2D eigenvalue weighted by molar-refractivity contribution is 9.10. The predicted octanol–water partition coefficient (Wildman–Crippen LogP) is 2.06. The summed E-state index contributed by atoms with van der Waals surface area (Å²) in [5.74, 6) is -0.779. The minimum Gasteiger partial charge on any atom is -0.378 e. The maximum Gasteiger partial charge on any atom is 0.257 e. The van der Waals surface area contributed by atoms with Crippen LogP contribution in [0.25, 0.3) is 0 Å². The van der Waals surface area contributed by atoms with E-state index in [-0.39, 0.29) is 17.6 Å². The number of benzene rings is 1. The van der Waals surface area contributed by atoms with E-state index in [0.29, 0.717) is 17.6 Å². The lowest BCUT2D eigenvalue weighted by Gasteiger charge is -2.38. The average molecular weight is 288 g/mol. The van der Waals surface area contributed by atoms with Gasteiger partial charge in [0.1, 0.15) is 5.82 Å². The van der Waals surface area contributed by atoms with Crippen LogP contribution >= 0.6 is 15.9 Å². The Bertz CT molecular complexity index is 418. The molecule has 3 nitrogen and oxygen atoms in total. The van der Waals surface area contributed by atoms with E-state index in [1.807, 2.05) is 0 Å². The van der Waals surface area contributed by atoms with Gasteiger partial charge in [-0.25, -0.2) is 4.39 Å². The molecule has 16 heavy (non-hydrogen) atoms. The molecule has 0 atom stereocenters. The van der Waals surface area contributed by atoms with E-state index in [1.54, 1.807) is 18.1 Å². The van der Waals surface area contributed by atoms with Gasteiger partial charge in [-0.3, -0.25) is 4.79 Å². The number of rotatable bonds is 2. The second kappa shape index (κ2) is 4.51. The van der Waals surface area contributed by atoms with Gasteiger partial charge in [-0.2, -0.15) is 0 Å². The Kier molecular flexibility index (Phi) is 3.25. The summed E-state index contributed by atoms with van der Waals surface area (Å²) in [6.07, 6.45) is 0.0856. The fourth-order valence-electron chi connectivity index (χ4n) is 1.59. The molecule has 1 heterocycles. The minimum absolute atomic E-state index is 0.0856. The Labute approximate surface area is 101 Å². The van der Waals surface area contributed by atoms with Gasteiger partial charge in [0.05, 0.1) is 11.7 Å². The molecule has 0 unspecified atom stereocenters. The number of amides is 1. The molecule has 0 aromatic heterocycles. The largest absolute Gasteiger partial charge is 0.378 e. The first-order valence-electron chi connectivity index (χ1n) is 4.89. The lowest BCUT2D eigenvalue weighted by Crippen LogP contribution is -2.54. The maximum atomic E-state index is 13.5. The van der Waals surface area contributed by atoms with Crippen LogP contribution < -0.4 is 0 Å². The van der Waals surface area contributed by atoms with Crippen molar-refractivity contribution in [3.63, 3.8) is 0 Å². The van der Waals surface area contributed by atoms with Crippen LogP contribution in [0.2, 0.25) is 0 Å². The number of carbonyl (C=O) groups is 1. The summed E-state index contributed by atoms with van der Waals surface area (Å²) in [5, 5.41) is 0. The molecule has 1 saturated heterocycles. The Morgan fingerprint density at radius 2 is 2.25 bits per heavy atom. The van der Waals surface area contributed by atoms with E-state index in [2.05, 4.69) is 15.9 Å². The monoisotopic (exact) mass is 287 g/mol. The Morgan fingerprint density at radius 3 is 2.81 bits per heavy atom. The van der Waals surface area contributed by atoms with Gasteiger partial charge in [-0.15, -0.1) is 0 Å². The summed E-state index contributed by atoms with van der Waals surface area (Å²) in [6, 6.07) is 4.44. The average Bonchev–Trinajstić information content (AvgIpc) is 2.15. The normalized spacial score (nSPS) is 16.1. The van der Waals surface area contributed by atoms with E-state index in [4.69, 9.17) is 4.74 Å². The quantitative estimate of drug-likeness (QED) is 0.833. The zero-order valence-electron chi connectivity index (χ0n) is 8.74. The molecular formula is C11H11BrFNO2. The maximum absolute atomic E-state index is 13.5. The van der Waals surface area contributed by atoms with Crippen LogP contribution in [0.3, 0.4) is 0 Å². The minimum atomic E-state index is -0.500. The van der Waals surface area contributed by atoms with Crippen molar-refractivity contribution in [2.75, 3.05) is 20.2 Å². The highest BCUT2D eigenvalue weighted by Crippen LogP contribution is 2.20. The van der Waals surface area contributed by atoms with Crippen molar-refractivity contribution >= 4 is 21.8 Å². The molecule has 1 aromatic rings. The number of likely N-dealkylation sites (tertiary alicyclic amines) is 1. The van der Waals surface area contributed by atoms with Gasteiger partial charge >= 0.3 is 0 Å². The van der Waals surface area contributed by atoms with Crippen molar-refractivity contribution in [3.8, 4) is 0 Å². The molecule has 5 heteroatoms. The number of methoxy groups -OCH3 is 1. The first-order chi connectivity index (χ1) is 7.61. The van der Waals surface area contributed by atoms with Crippen LogP contribution in [-0.4, -0.2) is 37.1 Å².